The molecule has 0 radical (unpaired) electrons. The molecule has 0 saturated carbocycles. The lowest BCUT2D eigenvalue weighted by atomic mass is 10.1. The van der Waals surface area contributed by atoms with Crippen molar-refractivity contribution in [1.29, 1.82) is 0 Å². The second-order valence-electron chi connectivity index (χ2n) is 5.96. The molecule has 0 saturated heterocycles. The van der Waals surface area contributed by atoms with Crippen LogP contribution in [0, 0.1) is 0 Å². The van der Waals surface area contributed by atoms with E-state index in [0.29, 0.717) is 12.1 Å². The highest BCUT2D eigenvalue weighted by molar-refractivity contribution is 7.09. The summed E-state index contributed by atoms with van der Waals surface area (Å²) in [6, 6.07) is 5.66. The van der Waals surface area contributed by atoms with Gasteiger partial charge in [0.1, 0.15) is 0 Å². The van der Waals surface area contributed by atoms with Gasteiger partial charge in [-0.2, -0.15) is 0 Å². The van der Waals surface area contributed by atoms with Crippen molar-refractivity contribution < 1.29 is 0 Å². The molecule has 1 aromatic heterocycles. The number of nitrogens with one attached hydrogen (secondary N) is 1. The van der Waals surface area contributed by atoms with Crippen LogP contribution in [0.15, 0.2) is 17.5 Å². The van der Waals surface area contributed by atoms with Crippen molar-refractivity contribution in [3.63, 3.8) is 0 Å². The second kappa shape index (κ2) is 10.4. The van der Waals surface area contributed by atoms with Crippen molar-refractivity contribution >= 4 is 11.3 Å². The van der Waals surface area contributed by atoms with Crippen molar-refractivity contribution in [2.75, 3.05) is 20.1 Å². The van der Waals surface area contributed by atoms with Crippen molar-refractivity contribution in [3.8, 4) is 0 Å². The Bertz CT molecular complexity index is 324. The predicted molar refractivity (Wildman–Crippen MR) is 91.7 cm³/mol. The number of unbranched alkanes of at least 4 members (excludes halogenated alkanes) is 2. The minimum Gasteiger partial charge on any atom is -0.313 e. The first kappa shape index (κ1) is 17.7. The average molecular weight is 297 g/mol. The van der Waals surface area contributed by atoms with E-state index in [2.05, 4.69) is 55.5 Å². The predicted octanol–water partition coefficient (Wildman–Crippen LogP) is 4.17. The number of likely N-dealkylation sites (N-methyl/N-ethyl adjacent to an activating group) is 1. The highest BCUT2D eigenvalue weighted by Gasteiger charge is 2.10. The van der Waals surface area contributed by atoms with Crippen molar-refractivity contribution in [2.45, 2.75) is 65.0 Å². The van der Waals surface area contributed by atoms with Gasteiger partial charge in [0.15, 0.2) is 0 Å². The molecular weight excluding hydrogens is 264 g/mol. The Balaban J connectivity index is 2.11. The lowest BCUT2D eigenvalue weighted by Gasteiger charge is -2.25. The summed E-state index contributed by atoms with van der Waals surface area (Å²) in [6.45, 7) is 9.13. The monoisotopic (exact) mass is 296 g/mol. The fourth-order valence-corrected chi connectivity index (χ4v) is 3.21. The third-order valence-corrected chi connectivity index (χ3v) is 4.93. The van der Waals surface area contributed by atoms with E-state index in [0.717, 1.165) is 13.1 Å². The van der Waals surface area contributed by atoms with Gasteiger partial charge in [0.05, 0.1) is 0 Å². The molecular formula is C17H32N2S. The number of hydrogen-bond acceptors (Lipinski definition) is 3. The Kier molecular flexibility index (Phi) is 9.16. The molecule has 20 heavy (non-hydrogen) atoms. The minimum absolute atomic E-state index is 0.617. The fourth-order valence-electron chi connectivity index (χ4n) is 2.39. The van der Waals surface area contributed by atoms with Gasteiger partial charge in [-0.05, 0) is 45.2 Å². The lowest BCUT2D eigenvalue weighted by molar-refractivity contribution is 0.253. The molecule has 116 valence electrons. The average Bonchev–Trinajstić information content (AvgIpc) is 2.91. The Hall–Kier alpha value is -0.380. The van der Waals surface area contributed by atoms with Crippen LogP contribution in [0.5, 0.6) is 0 Å². The van der Waals surface area contributed by atoms with E-state index in [9.17, 15) is 0 Å². The third-order valence-electron chi connectivity index (χ3n) is 4.03. The first-order valence-electron chi connectivity index (χ1n) is 8.09. The van der Waals surface area contributed by atoms with Gasteiger partial charge in [0.2, 0.25) is 0 Å². The summed E-state index contributed by atoms with van der Waals surface area (Å²) in [4.78, 5) is 3.95. The molecule has 3 heteroatoms. The maximum absolute atomic E-state index is 3.65. The summed E-state index contributed by atoms with van der Waals surface area (Å²) in [5.41, 5.74) is 0. The quantitative estimate of drug-likeness (QED) is 0.617. The van der Waals surface area contributed by atoms with Gasteiger partial charge in [0, 0.05) is 30.1 Å². The second-order valence-corrected chi connectivity index (χ2v) is 7.00. The molecule has 1 N–H and O–H groups in total. The Morgan fingerprint density at radius 2 is 2.10 bits per heavy atom. The van der Waals surface area contributed by atoms with Gasteiger partial charge < -0.3 is 10.2 Å². The van der Waals surface area contributed by atoms with Crippen LogP contribution in [0.25, 0.3) is 0 Å². The summed E-state index contributed by atoms with van der Waals surface area (Å²) < 4.78 is 0. The molecule has 0 aliphatic rings. The van der Waals surface area contributed by atoms with Gasteiger partial charge in [-0.25, -0.2) is 0 Å². The zero-order valence-corrected chi connectivity index (χ0v) is 14.5. The summed E-state index contributed by atoms with van der Waals surface area (Å²) >= 11 is 1.87. The van der Waals surface area contributed by atoms with Crippen LogP contribution in [0.2, 0.25) is 0 Å². The van der Waals surface area contributed by atoms with Gasteiger partial charge >= 0.3 is 0 Å². The van der Waals surface area contributed by atoms with Crippen LogP contribution in [0.1, 0.15) is 51.3 Å². The zero-order chi connectivity index (χ0) is 14.8. The molecule has 0 aliphatic heterocycles. The molecule has 0 aliphatic carbocycles. The van der Waals surface area contributed by atoms with E-state index < -0.39 is 0 Å². The number of thiophene rings is 1. The Morgan fingerprint density at radius 1 is 1.30 bits per heavy atom. The topological polar surface area (TPSA) is 15.3 Å². The van der Waals surface area contributed by atoms with E-state index in [1.165, 1.54) is 37.0 Å². The first-order chi connectivity index (χ1) is 9.63. The summed E-state index contributed by atoms with van der Waals surface area (Å²) in [7, 11) is 2.24. The van der Waals surface area contributed by atoms with Crippen LogP contribution < -0.4 is 5.32 Å². The van der Waals surface area contributed by atoms with Gasteiger partial charge in [-0.3, -0.25) is 0 Å². The zero-order valence-electron chi connectivity index (χ0n) is 13.7. The number of hydrogen-bond donors (Lipinski definition) is 1. The van der Waals surface area contributed by atoms with Crippen LogP contribution in [-0.2, 0) is 6.42 Å². The Morgan fingerprint density at radius 3 is 2.75 bits per heavy atom. The molecule has 0 amide bonds. The summed E-state index contributed by atoms with van der Waals surface area (Å²) in [5.74, 6) is 0. The van der Waals surface area contributed by atoms with E-state index in [1.807, 2.05) is 11.3 Å². The highest BCUT2D eigenvalue weighted by atomic mass is 32.1. The SMILES string of the molecule is CCCCCC(C)NCCN(C)C(C)Cc1cccs1. The van der Waals surface area contributed by atoms with E-state index in [1.54, 1.807) is 0 Å². The smallest absolute Gasteiger partial charge is 0.0113 e. The largest absolute Gasteiger partial charge is 0.313 e. The molecule has 0 fully saturated rings. The van der Waals surface area contributed by atoms with Crippen LogP contribution >= 0.6 is 11.3 Å². The fraction of sp³-hybridized carbons (Fsp3) is 0.765. The number of nitrogens with zero attached hydrogens (tertiary/aromatic N) is 1. The molecule has 1 aromatic rings. The van der Waals surface area contributed by atoms with Gasteiger partial charge in [-0.15, -0.1) is 11.3 Å². The molecule has 2 unspecified atom stereocenters. The normalized spacial score (nSPS) is 14.7. The van der Waals surface area contributed by atoms with Crippen molar-refractivity contribution in [3.05, 3.63) is 22.4 Å². The van der Waals surface area contributed by atoms with E-state index in [-0.39, 0.29) is 0 Å². The molecule has 0 aromatic carbocycles. The standard InChI is InChI=1S/C17H32N2S/c1-5-6-7-9-15(2)18-11-12-19(4)16(3)14-17-10-8-13-20-17/h8,10,13,15-16,18H,5-7,9,11-12,14H2,1-4H3. The maximum Gasteiger partial charge on any atom is 0.0113 e. The maximum atomic E-state index is 3.65. The van der Waals surface area contributed by atoms with Gasteiger partial charge in [-0.1, -0.05) is 32.3 Å². The van der Waals surface area contributed by atoms with E-state index >= 15 is 0 Å². The molecule has 2 nitrogen and oxygen atoms in total. The van der Waals surface area contributed by atoms with Crippen molar-refractivity contribution in [1.82, 2.24) is 10.2 Å². The summed E-state index contributed by atoms with van der Waals surface area (Å²) in [6.07, 6.45) is 6.51. The molecule has 0 bridgehead atoms. The van der Waals surface area contributed by atoms with E-state index in [4.69, 9.17) is 0 Å². The molecule has 0 spiro atoms. The number of rotatable bonds is 11. The minimum atomic E-state index is 0.617. The van der Waals surface area contributed by atoms with Crippen LogP contribution in [0.4, 0.5) is 0 Å². The molecule has 1 rings (SSSR count). The Labute approximate surface area is 129 Å². The lowest BCUT2D eigenvalue weighted by Crippen LogP contribution is -2.38. The third kappa shape index (κ3) is 7.41. The summed E-state index contributed by atoms with van der Waals surface area (Å²) in [5, 5.41) is 5.82. The van der Waals surface area contributed by atoms with Crippen LogP contribution in [0.3, 0.4) is 0 Å². The van der Waals surface area contributed by atoms with Gasteiger partial charge in [0.25, 0.3) is 0 Å². The van der Waals surface area contributed by atoms with Crippen molar-refractivity contribution in [2.24, 2.45) is 0 Å². The van der Waals surface area contributed by atoms with Crippen LogP contribution in [-0.4, -0.2) is 37.1 Å². The highest BCUT2D eigenvalue weighted by Crippen LogP contribution is 2.13. The molecule has 2 atom stereocenters. The first-order valence-corrected chi connectivity index (χ1v) is 8.97. The molecule has 1 heterocycles.